The Balaban J connectivity index is 1.75. The molecule has 0 saturated carbocycles. The van der Waals surface area contributed by atoms with Crippen LogP contribution in [0.4, 0.5) is 0 Å². The molecule has 0 atom stereocenters. The van der Waals surface area contributed by atoms with E-state index in [0.29, 0.717) is 5.92 Å². The number of thiazole rings is 1. The average molecular weight is 294 g/mol. The fourth-order valence-electron chi connectivity index (χ4n) is 2.24. The molecular weight excluding hydrogens is 276 g/mol. The SMILES string of the molecule is CC(C)c1nc(Cc2ccc(-c3ccncc3)cc2)cs1. The van der Waals surface area contributed by atoms with Gasteiger partial charge < -0.3 is 0 Å². The molecule has 0 radical (unpaired) electrons. The number of aromatic nitrogens is 2. The normalized spacial score (nSPS) is 11.0. The van der Waals surface area contributed by atoms with E-state index in [1.165, 1.54) is 27.4 Å². The molecule has 106 valence electrons. The maximum Gasteiger partial charge on any atom is 0.0953 e. The highest BCUT2D eigenvalue weighted by atomic mass is 32.1. The molecule has 21 heavy (non-hydrogen) atoms. The lowest BCUT2D eigenvalue weighted by molar-refractivity contribution is 0.842. The van der Waals surface area contributed by atoms with Crippen molar-refractivity contribution in [1.82, 2.24) is 9.97 Å². The van der Waals surface area contributed by atoms with Crippen LogP contribution in [-0.4, -0.2) is 9.97 Å². The Labute approximate surface area is 129 Å². The summed E-state index contributed by atoms with van der Waals surface area (Å²) in [6.45, 7) is 4.37. The first kappa shape index (κ1) is 14.0. The maximum atomic E-state index is 4.70. The summed E-state index contributed by atoms with van der Waals surface area (Å²) in [5, 5.41) is 3.39. The second-order valence-corrected chi connectivity index (χ2v) is 6.33. The van der Waals surface area contributed by atoms with E-state index in [1.807, 2.05) is 24.5 Å². The van der Waals surface area contributed by atoms with Crippen molar-refractivity contribution in [1.29, 1.82) is 0 Å². The highest BCUT2D eigenvalue weighted by Gasteiger charge is 2.06. The monoisotopic (exact) mass is 294 g/mol. The van der Waals surface area contributed by atoms with Gasteiger partial charge in [-0.05, 0) is 28.8 Å². The molecule has 0 bridgehead atoms. The van der Waals surface area contributed by atoms with Gasteiger partial charge in [0, 0.05) is 30.1 Å². The molecule has 0 aliphatic heterocycles. The van der Waals surface area contributed by atoms with E-state index in [4.69, 9.17) is 4.98 Å². The predicted molar refractivity (Wildman–Crippen MR) is 88.7 cm³/mol. The number of nitrogens with zero attached hydrogens (tertiary/aromatic N) is 2. The maximum absolute atomic E-state index is 4.70. The third-order valence-electron chi connectivity index (χ3n) is 3.42. The highest BCUT2D eigenvalue weighted by Crippen LogP contribution is 2.22. The van der Waals surface area contributed by atoms with Crippen molar-refractivity contribution in [2.24, 2.45) is 0 Å². The molecule has 0 fully saturated rings. The highest BCUT2D eigenvalue weighted by molar-refractivity contribution is 7.09. The Morgan fingerprint density at radius 2 is 1.62 bits per heavy atom. The number of pyridine rings is 1. The standard InChI is InChI=1S/C18H18N2S/c1-13(2)18-20-17(12-21-18)11-14-3-5-15(6-4-14)16-7-9-19-10-8-16/h3-10,12-13H,11H2,1-2H3. The van der Waals surface area contributed by atoms with Crippen molar-refractivity contribution >= 4 is 11.3 Å². The zero-order valence-electron chi connectivity index (χ0n) is 12.3. The topological polar surface area (TPSA) is 25.8 Å². The van der Waals surface area contributed by atoms with Gasteiger partial charge in [-0.1, -0.05) is 38.1 Å². The molecule has 0 unspecified atom stereocenters. The van der Waals surface area contributed by atoms with Gasteiger partial charge in [-0.25, -0.2) is 4.98 Å². The van der Waals surface area contributed by atoms with Gasteiger partial charge in [0.15, 0.2) is 0 Å². The molecule has 2 nitrogen and oxygen atoms in total. The van der Waals surface area contributed by atoms with Gasteiger partial charge in [0.1, 0.15) is 0 Å². The van der Waals surface area contributed by atoms with E-state index in [-0.39, 0.29) is 0 Å². The summed E-state index contributed by atoms with van der Waals surface area (Å²) in [6, 6.07) is 12.8. The minimum Gasteiger partial charge on any atom is -0.265 e. The van der Waals surface area contributed by atoms with Crippen LogP contribution in [0, 0.1) is 0 Å². The van der Waals surface area contributed by atoms with Gasteiger partial charge in [-0.3, -0.25) is 4.98 Å². The molecule has 0 aliphatic rings. The molecule has 3 rings (SSSR count). The molecule has 0 saturated heterocycles. The molecule has 2 aromatic heterocycles. The number of rotatable bonds is 4. The van der Waals surface area contributed by atoms with Crippen molar-refractivity contribution in [2.45, 2.75) is 26.2 Å². The van der Waals surface area contributed by atoms with E-state index in [1.54, 1.807) is 11.3 Å². The van der Waals surface area contributed by atoms with E-state index in [0.717, 1.165) is 6.42 Å². The molecule has 0 spiro atoms. The minimum absolute atomic E-state index is 0.512. The number of hydrogen-bond donors (Lipinski definition) is 0. The van der Waals surface area contributed by atoms with Crippen LogP contribution in [0.5, 0.6) is 0 Å². The van der Waals surface area contributed by atoms with Crippen LogP contribution in [0.3, 0.4) is 0 Å². The van der Waals surface area contributed by atoms with Crippen molar-refractivity contribution in [2.75, 3.05) is 0 Å². The van der Waals surface area contributed by atoms with Crippen molar-refractivity contribution in [3.8, 4) is 11.1 Å². The Hall–Kier alpha value is -2.00. The van der Waals surface area contributed by atoms with E-state index >= 15 is 0 Å². The first-order valence-electron chi connectivity index (χ1n) is 7.16. The van der Waals surface area contributed by atoms with Crippen LogP contribution in [-0.2, 0) is 6.42 Å². The number of benzene rings is 1. The fourth-order valence-corrected chi connectivity index (χ4v) is 3.07. The average Bonchev–Trinajstić information content (AvgIpc) is 2.98. The van der Waals surface area contributed by atoms with E-state index in [2.05, 4.69) is 48.5 Å². The molecule has 0 amide bonds. The summed E-state index contributed by atoms with van der Waals surface area (Å²) in [5.41, 5.74) is 4.89. The van der Waals surface area contributed by atoms with Gasteiger partial charge in [0.25, 0.3) is 0 Å². The summed E-state index contributed by atoms with van der Waals surface area (Å²) in [6.07, 6.45) is 4.55. The van der Waals surface area contributed by atoms with Crippen LogP contribution in [0.2, 0.25) is 0 Å². The third kappa shape index (κ3) is 3.37. The molecule has 1 aromatic carbocycles. The van der Waals surface area contributed by atoms with E-state index < -0.39 is 0 Å². The molecule has 0 aliphatic carbocycles. The molecule has 0 N–H and O–H groups in total. The zero-order chi connectivity index (χ0) is 14.7. The minimum atomic E-state index is 0.512. The summed E-state index contributed by atoms with van der Waals surface area (Å²) in [5.74, 6) is 0.512. The second-order valence-electron chi connectivity index (χ2n) is 5.44. The Kier molecular flexibility index (Phi) is 4.11. The first-order valence-corrected chi connectivity index (χ1v) is 8.04. The van der Waals surface area contributed by atoms with Crippen molar-refractivity contribution < 1.29 is 0 Å². The van der Waals surface area contributed by atoms with Gasteiger partial charge in [0.2, 0.25) is 0 Å². The van der Waals surface area contributed by atoms with Crippen LogP contribution >= 0.6 is 11.3 Å². The molecule has 3 aromatic rings. The van der Waals surface area contributed by atoms with Crippen molar-refractivity contribution in [3.63, 3.8) is 0 Å². The second kappa shape index (κ2) is 6.19. The van der Waals surface area contributed by atoms with Crippen LogP contribution in [0.1, 0.15) is 36.0 Å². The van der Waals surface area contributed by atoms with Crippen LogP contribution < -0.4 is 0 Å². The Morgan fingerprint density at radius 3 is 2.24 bits per heavy atom. The van der Waals surface area contributed by atoms with Crippen molar-refractivity contribution in [3.05, 3.63) is 70.4 Å². The largest absolute Gasteiger partial charge is 0.265 e. The smallest absolute Gasteiger partial charge is 0.0953 e. The van der Waals surface area contributed by atoms with Gasteiger partial charge in [-0.2, -0.15) is 0 Å². The van der Waals surface area contributed by atoms with Crippen LogP contribution in [0.15, 0.2) is 54.2 Å². The van der Waals surface area contributed by atoms with E-state index in [9.17, 15) is 0 Å². The number of hydrogen-bond acceptors (Lipinski definition) is 3. The Morgan fingerprint density at radius 1 is 0.952 bits per heavy atom. The molecular formula is C18H18N2S. The summed E-state index contributed by atoms with van der Waals surface area (Å²) in [4.78, 5) is 8.75. The quantitative estimate of drug-likeness (QED) is 0.682. The molecule has 3 heteroatoms. The summed E-state index contributed by atoms with van der Waals surface area (Å²) in [7, 11) is 0. The summed E-state index contributed by atoms with van der Waals surface area (Å²) >= 11 is 1.76. The van der Waals surface area contributed by atoms with Crippen LogP contribution in [0.25, 0.3) is 11.1 Å². The lowest BCUT2D eigenvalue weighted by Crippen LogP contribution is -1.91. The third-order valence-corrected chi connectivity index (χ3v) is 4.61. The van der Waals surface area contributed by atoms with Gasteiger partial charge in [-0.15, -0.1) is 11.3 Å². The first-order chi connectivity index (χ1) is 10.2. The summed E-state index contributed by atoms with van der Waals surface area (Å²) < 4.78 is 0. The fraction of sp³-hybridized carbons (Fsp3) is 0.222. The molecule has 2 heterocycles. The van der Waals surface area contributed by atoms with Gasteiger partial charge in [0.05, 0.1) is 10.7 Å². The predicted octanol–water partition coefficient (Wildman–Crippen LogP) is 4.92. The zero-order valence-corrected chi connectivity index (χ0v) is 13.1. The van der Waals surface area contributed by atoms with Gasteiger partial charge >= 0.3 is 0 Å². The lowest BCUT2D eigenvalue weighted by atomic mass is 10.0. The Bertz CT molecular complexity index is 700. The lowest BCUT2D eigenvalue weighted by Gasteiger charge is -2.03.